The summed E-state index contributed by atoms with van der Waals surface area (Å²) in [6.45, 7) is 2.81. The lowest BCUT2D eigenvalue weighted by Gasteiger charge is -2.25. The van der Waals surface area contributed by atoms with Crippen LogP contribution in [-0.2, 0) is 6.54 Å². The summed E-state index contributed by atoms with van der Waals surface area (Å²) in [4.78, 5) is 11.0. The fraction of sp³-hybridized carbons (Fsp3) is 0.375. The average Bonchev–Trinajstić information content (AvgIpc) is 3.30. The summed E-state index contributed by atoms with van der Waals surface area (Å²) in [6.07, 6.45) is 3.97. The Morgan fingerprint density at radius 2 is 2.14 bits per heavy atom. The van der Waals surface area contributed by atoms with Gasteiger partial charge >= 0.3 is 0 Å². The summed E-state index contributed by atoms with van der Waals surface area (Å²) < 4.78 is 5.31. The molecule has 1 aromatic carbocycles. The normalized spacial score (nSPS) is 14.0. The third-order valence-electron chi connectivity index (χ3n) is 3.77. The number of nitrogens with zero attached hydrogens (tertiary/aromatic N) is 3. The van der Waals surface area contributed by atoms with Crippen LogP contribution in [0.2, 0.25) is 0 Å². The molecule has 0 amide bonds. The zero-order chi connectivity index (χ0) is 14.8. The minimum atomic E-state index is 0.546. The molecule has 2 N–H and O–H groups in total. The highest BCUT2D eigenvalue weighted by Crippen LogP contribution is 2.35. The molecule has 5 nitrogen and oxygen atoms in total. The van der Waals surface area contributed by atoms with E-state index in [9.17, 15) is 0 Å². The lowest BCUT2D eigenvalue weighted by atomic mass is 10.1. The standard InChI is InChI=1S/C16H20N4O/c1-11-15(18-10-19-16(11)21-2)20(14-6-7-14)9-12-4-3-5-13(17)8-12/h3-5,8,10,14H,6-7,9,17H2,1-2H3. The molecular weight excluding hydrogens is 264 g/mol. The second-order valence-electron chi connectivity index (χ2n) is 5.44. The summed E-state index contributed by atoms with van der Waals surface area (Å²) in [5, 5.41) is 0. The molecule has 0 radical (unpaired) electrons. The van der Waals surface area contributed by atoms with E-state index in [4.69, 9.17) is 10.5 Å². The number of hydrogen-bond donors (Lipinski definition) is 1. The molecule has 0 spiro atoms. The van der Waals surface area contributed by atoms with Gasteiger partial charge in [-0.1, -0.05) is 12.1 Å². The van der Waals surface area contributed by atoms with E-state index >= 15 is 0 Å². The Balaban J connectivity index is 1.92. The van der Waals surface area contributed by atoms with Gasteiger partial charge in [0.05, 0.1) is 12.7 Å². The van der Waals surface area contributed by atoms with Crippen molar-refractivity contribution in [3.05, 3.63) is 41.7 Å². The molecule has 1 heterocycles. The number of aromatic nitrogens is 2. The smallest absolute Gasteiger partial charge is 0.221 e. The summed E-state index contributed by atoms with van der Waals surface area (Å²) in [5.74, 6) is 1.59. The van der Waals surface area contributed by atoms with Gasteiger partial charge in [-0.2, -0.15) is 0 Å². The van der Waals surface area contributed by atoms with Gasteiger partial charge in [0.2, 0.25) is 5.88 Å². The van der Waals surface area contributed by atoms with E-state index in [-0.39, 0.29) is 0 Å². The Bertz CT molecular complexity index is 640. The molecule has 1 fully saturated rings. The van der Waals surface area contributed by atoms with Crippen LogP contribution in [0.1, 0.15) is 24.0 Å². The van der Waals surface area contributed by atoms with Gasteiger partial charge < -0.3 is 15.4 Å². The molecule has 110 valence electrons. The van der Waals surface area contributed by atoms with E-state index < -0.39 is 0 Å². The highest BCUT2D eigenvalue weighted by atomic mass is 16.5. The van der Waals surface area contributed by atoms with Gasteiger partial charge in [0, 0.05) is 18.3 Å². The summed E-state index contributed by atoms with van der Waals surface area (Å²) >= 11 is 0. The zero-order valence-corrected chi connectivity index (χ0v) is 12.4. The number of nitrogen functional groups attached to an aromatic ring is 1. The SMILES string of the molecule is COc1ncnc(N(Cc2cccc(N)c2)C2CC2)c1C. The van der Waals surface area contributed by atoms with Crippen LogP contribution in [0.15, 0.2) is 30.6 Å². The monoisotopic (exact) mass is 284 g/mol. The predicted octanol–water partition coefficient (Wildman–Crippen LogP) is 2.54. The van der Waals surface area contributed by atoms with E-state index in [2.05, 4.69) is 20.9 Å². The van der Waals surface area contributed by atoms with Crippen molar-refractivity contribution in [3.8, 4) is 5.88 Å². The van der Waals surface area contributed by atoms with Gasteiger partial charge in [-0.15, -0.1) is 0 Å². The molecule has 3 rings (SSSR count). The summed E-state index contributed by atoms with van der Waals surface area (Å²) in [5.41, 5.74) is 8.84. The summed E-state index contributed by atoms with van der Waals surface area (Å²) in [6, 6.07) is 8.56. The second-order valence-corrected chi connectivity index (χ2v) is 5.44. The number of rotatable bonds is 5. The van der Waals surface area contributed by atoms with Gasteiger partial charge in [-0.05, 0) is 37.5 Å². The fourth-order valence-electron chi connectivity index (χ4n) is 2.57. The molecule has 0 saturated heterocycles. The van der Waals surface area contributed by atoms with Gasteiger partial charge in [0.1, 0.15) is 12.1 Å². The van der Waals surface area contributed by atoms with Crippen LogP contribution >= 0.6 is 0 Å². The number of methoxy groups -OCH3 is 1. The largest absolute Gasteiger partial charge is 0.481 e. The first-order valence-corrected chi connectivity index (χ1v) is 7.15. The van der Waals surface area contributed by atoms with E-state index in [0.29, 0.717) is 11.9 Å². The van der Waals surface area contributed by atoms with Crippen molar-refractivity contribution in [3.63, 3.8) is 0 Å². The minimum absolute atomic E-state index is 0.546. The van der Waals surface area contributed by atoms with Gasteiger partial charge in [0.15, 0.2) is 0 Å². The third kappa shape index (κ3) is 2.91. The van der Waals surface area contributed by atoms with Crippen LogP contribution in [-0.4, -0.2) is 23.1 Å². The Morgan fingerprint density at radius 1 is 1.33 bits per heavy atom. The van der Waals surface area contributed by atoms with Gasteiger partial charge in [0.25, 0.3) is 0 Å². The van der Waals surface area contributed by atoms with Crippen LogP contribution in [0.5, 0.6) is 5.88 Å². The van der Waals surface area contributed by atoms with Crippen molar-refractivity contribution in [1.29, 1.82) is 0 Å². The maximum absolute atomic E-state index is 5.88. The molecule has 0 bridgehead atoms. The molecule has 1 saturated carbocycles. The van der Waals surface area contributed by atoms with E-state index in [1.165, 1.54) is 18.4 Å². The molecule has 2 aromatic rings. The lowest BCUT2D eigenvalue weighted by molar-refractivity contribution is 0.393. The molecular formula is C16H20N4O. The molecule has 0 atom stereocenters. The van der Waals surface area contributed by atoms with Crippen molar-refractivity contribution in [2.45, 2.75) is 32.4 Å². The maximum atomic E-state index is 5.88. The van der Waals surface area contributed by atoms with Gasteiger partial charge in [-0.25, -0.2) is 9.97 Å². The van der Waals surface area contributed by atoms with Crippen LogP contribution < -0.4 is 15.4 Å². The molecule has 1 aliphatic carbocycles. The first kappa shape index (κ1) is 13.7. The van der Waals surface area contributed by atoms with Crippen LogP contribution in [0, 0.1) is 6.92 Å². The van der Waals surface area contributed by atoms with Crippen molar-refractivity contribution in [1.82, 2.24) is 9.97 Å². The number of anilines is 2. The number of ether oxygens (including phenoxy) is 1. The lowest BCUT2D eigenvalue weighted by Crippen LogP contribution is -2.27. The fourth-order valence-corrected chi connectivity index (χ4v) is 2.57. The van der Waals surface area contributed by atoms with Crippen molar-refractivity contribution in [2.24, 2.45) is 0 Å². The predicted molar refractivity (Wildman–Crippen MR) is 83.4 cm³/mol. The average molecular weight is 284 g/mol. The molecule has 0 unspecified atom stereocenters. The quantitative estimate of drug-likeness (QED) is 0.855. The molecule has 5 heteroatoms. The number of benzene rings is 1. The first-order chi connectivity index (χ1) is 10.2. The van der Waals surface area contributed by atoms with E-state index in [1.54, 1.807) is 13.4 Å². The highest BCUT2D eigenvalue weighted by Gasteiger charge is 2.31. The van der Waals surface area contributed by atoms with Crippen LogP contribution in [0.4, 0.5) is 11.5 Å². The topological polar surface area (TPSA) is 64.3 Å². The highest BCUT2D eigenvalue weighted by molar-refractivity contribution is 5.53. The summed E-state index contributed by atoms with van der Waals surface area (Å²) in [7, 11) is 1.64. The Hall–Kier alpha value is -2.30. The molecule has 1 aliphatic rings. The molecule has 21 heavy (non-hydrogen) atoms. The van der Waals surface area contributed by atoms with E-state index in [1.807, 2.05) is 25.1 Å². The second kappa shape index (κ2) is 5.60. The Morgan fingerprint density at radius 3 is 2.81 bits per heavy atom. The number of hydrogen-bond acceptors (Lipinski definition) is 5. The van der Waals surface area contributed by atoms with Crippen molar-refractivity contribution < 1.29 is 4.74 Å². The van der Waals surface area contributed by atoms with Gasteiger partial charge in [-0.3, -0.25) is 0 Å². The van der Waals surface area contributed by atoms with Crippen LogP contribution in [0.25, 0.3) is 0 Å². The third-order valence-corrected chi connectivity index (χ3v) is 3.77. The first-order valence-electron chi connectivity index (χ1n) is 7.15. The maximum Gasteiger partial charge on any atom is 0.221 e. The number of nitrogens with two attached hydrogens (primary N) is 1. The Labute approximate surface area is 124 Å². The molecule has 0 aliphatic heterocycles. The zero-order valence-electron chi connectivity index (χ0n) is 12.4. The van der Waals surface area contributed by atoms with E-state index in [0.717, 1.165) is 23.6 Å². The van der Waals surface area contributed by atoms with Crippen molar-refractivity contribution >= 4 is 11.5 Å². The van der Waals surface area contributed by atoms with Crippen molar-refractivity contribution in [2.75, 3.05) is 17.7 Å². The molecule has 1 aromatic heterocycles. The van der Waals surface area contributed by atoms with Crippen LogP contribution in [0.3, 0.4) is 0 Å². The minimum Gasteiger partial charge on any atom is -0.481 e. The Kier molecular flexibility index (Phi) is 3.64.